The molecule has 19 heavy (non-hydrogen) atoms. The van der Waals surface area contributed by atoms with Crippen LogP contribution in [0.5, 0.6) is 0 Å². The Morgan fingerprint density at radius 3 is 2.63 bits per heavy atom. The molecule has 7 heteroatoms. The number of carbonyl (C=O) groups excluding carboxylic acids is 1. The fourth-order valence-electron chi connectivity index (χ4n) is 1.48. The van der Waals surface area contributed by atoms with Crippen LogP contribution in [0.25, 0.3) is 11.3 Å². The molecule has 0 fully saturated rings. The fourth-order valence-corrected chi connectivity index (χ4v) is 2.49. The number of ether oxygens (including phenoxy) is 1. The van der Waals surface area contributed by atoms with E-state index < -0.39 is 0 Å². The lowest BCUT2D eigenvalue weighted by Crippen LogP contribution is -2.03. The number of carbonyl (C=O) groups is 1. The zero-order valence-electron chi connectivity index (χ0n) is 10.1. The van der Waals surface area contributed by atoms with E-state index in [4.69, 9.17) is 10.5 Å². The maximum absolute atomic E-state index is 11.8. The van der Waals surface area contributed by atoms with Crippen molar-refractivity contribution < 1.29 is 9.53 Å². The number of benzene rings is 1. The number of nitrogens with two attached hydrogens (primary N) is 1. The number of nitrogen functional groups attached to an aromatic ring is 1. The Morgan fingerprint density at radius 1 is 1.42 bits per heavy atom. The van der Waals surface area contributed by atoms with Gasteiger partial charge in [-0.3, -0.25) is 0 Å². The molecule has 0 aliphatic heterocycles. The van der Waals surface area contributed by atoms with Crippen molar-refractivity contribution in [2.45, 2.75) is 6.92 Å². The molecule has 0 radical (unpaired) electrons. The number of hydrogen-bond acceptors (Lipinski definition) is 5. The van der Waals surface area contributed by atoms with Crippen LogP contribution in [0.2, 0.25) is 0 Å². The van der Waals surface area contributed by atoms with E-state index in [0.717, 1.165) is 21.4 Å². The van der Waals surface area contributed by atoms with E-state index in [1.54, 1.807) is 6.92 Å². The summed E-state index contributed by atoms with van der Waals surface area (Å²) in [5.41, 5.74) is 7.09. The predicted octanol–water partition coefficient (Wildman–Crippen LogP) is 3.75. The van der Waals surface area contributed by atoms with Gasteiger partial charge < -0.3 is 10.5 Å². The zero-order valence-corrected chi connectivity index (χ0v) is 13.3. The molecule has 1 heterocycles. The topological polar surface area (TPSA) is 65.2 Å². The van der Waals surface area contributed by atoms with Gasteiger partial charge >= 0.3 is 5.97 Å². The lowest BCUT2D eigenvalue weighted by Gasteiger charge is -2.02. The predicted molar refractivity (Wildman–Crippen MR) is 82.9 cm³/mol. The van der Waals surface area contributed by atoms with Crippen molar-refractivity contribution >= 4 is 50.8 Å². The van der Waals surface area contributed by atoms with E-state index in [0.29, 0.717) is 22.3 Å². The quantitative estimate of drug-likeness (QED) is 0.843. The van der Waals surface area contributed by atoms with Crippen LogP contribution in [0.3, 0.4) is 0 Å². The minimum absolute atomic E-state index is 0. The van der Waals surface area contributed by atoms with Crippen molar-refractivity contribution in [3.8, 4) is 11.3 Å². The van der Waals surface area contributed by atoms with Gasteiger partial charge in [-0.15, -0.1) is 12.4 Å². The van der Waals surface area contributed by atoms with Crippen LogP contribution in [-0.4, -0.2) is 17.6 Å². The minimum Gasteiger partial charge on any atom is -0.462 e. The monoisotopic (exact) mass is 362 g/mol. The molecular weight excluding hydrogens is 352 g/mol. The van der Waals surface area contributed by atoms with Gasteiger partial charge in [0, 0.05) is 10.0 Å². The first-order valence-corrected chi connectivity index (χ1v) is 6.92. The minimum atomic E-state index is -0.385. The number of aromatic nitrogens is 1. The summed E-state index contributed by atoms with van der Waals surface area (Å²) in [6, 6.07) is 7.53. The molecule has 1 aromatic carbocycles. The Hall–Kier alpha value is -1.11. The van der Waals surface area contributed by atoms with Gasteiger partial charge in [0.05, 0.1) is 12.3 Å². The molecule has 4 nitrogen and oxygen atoms in total. The molecule has 2 aromatic rings. The summed E-state index contributed by atoms with van der Waals surface area (Å²) in [7, 11) is 0. The number of esters is 1. The van der Waals surface area contributed by atoms with Gasteiger partial charge in [0.15, 0.2) is 5.13 Å². The Balaban J connectivity index is 0.00000180. The highest BCUT2D eigenvalue weighted by molar-refractivity contribution is 9.10. The zero-order chi connectivity index (χ0) is 13.1. The van der Waals surface area contributed by atoms with Crippen LogP contribution in [0.4, 0.5) is 5.13 Å². The van der Waals surface area contributed by atoms with Crippen LogP contribution in [0.1, 0.15) is 16.6 Å². The highest BCUT2D eigenvalue weighted by Crippen LogP contribution is 2.30. The summed E-state index contributed by atoms with van der Waals surface area (Å²) in [4.78, 5) is 16.4. The van der Waals surface area contributed by atoms with Crippen LogP contribution in [0.15, 0.2) is 28.7 Å². The van der Waals surface area contributed by atoms with Crippen molar-refractivity contribution in [2.24, 2.45) is 0 Å². The standard InChI is InChI=1S/C12H11BrN2O2S.ClH/c1-2-17-11(16)10-9(15-12(14)18-10)7-3-5-8(13)6-4-7;/h3-6H,2H2,1H3,(H2,14,15);1H. The summed E-state index contributed by atoms with van der Waals surface area (Å²) in [6.07, 6.45) is 0. The van der Waals surface area contributed by atoms with Gasteiger partial charge in [-0.05, 0) is 19.1 Å². The second-order valence-corrected chi connectivity index (χ2v) is 5.40. The van der Waals surface area contributed by atoms with Gasteiger partial charge in [0.1, 0.15) is 4.88 Å². The Morgan fingerprint density at radius 2 is 2.05 bits per heavy atom. The molecule has 0 spiro atoms. The molecule has 0 saturated heterocycles. The molecule has 0 atom stereocenters. The lowest BCUT2D eigenvalue weighted by atomic mass is 10.1. The van der Waals surface area contributed by atoms with Gasteiger partial charge in [-0.2, -0.15) is 0 Å². The van der Waals surface area contributed by atoms with E-state index in [1.165, 1.54) is 0 Å². The maximum Gasteiger partial charge on any atom is 0.350 e. The Kier molecular flexibility index (Phi) is 5.78. The van der Waals surface area contributed by atoms with Crippen LogP contribution in [-0.2, 0) is 4.74 Å². The second-order valence-electron chi connectivity index (χ2n) is 3.46. The molecular formula is C12H12BrClN2O2S. The normalized spacial score (nSPS) is 9.79. The second kappa shape index (κ2) is 6.88. The van der Waals surface area contributed by atoms with Crippen LogP contribution >= 0.6 is 39.7 Å². The van der Waals surface area contributed by atoms with E-state index in [9.17, 15) is 4.79 Å². The average Bonchev–Trinajstić information content (AvgIpc) is 2.73. The maximum atomic E-state index is 11.8. The molecule has 0 bridgehead atoms. The SMILES string of the molecule is CCOC(=O)c1sc(N)nc1-c1ccc(Br)cc1.Cl. The van der Waals surface area contributed by atoms with Gasteiger partial charge in [-0.1, -0.05) is 39.4 Å². The third-order valence-corrected chi connectivity index (χ3v) is 3.62. The van der Waals surface area contributed by atoms with Gasteiger partial charge in [-0.25, -0.2) is 9.78 Å². The highest BCUT2D eigenvalue weighted by Gasteiger charge is 2.19. The third-order valence-electron chi connectivity index (χ3n) is 2.22. The fraction of sp³-hybridized carbons (Fsp3) is 0.167. The number of halogens is 2. The molecule has 0 saturated carbocycles. The largest absolute Gasteiger partial charge is 0.462 e. The van der Waals surface area contributed by atoms with Crippen molar-refractivity contribution in [3.05, 3.63) is 33.6 Å². The average molecular weight is 364 g/mol. The van der Waals surface area contributed by atoms with Gasteiger partial charge in [0.2, 0.25) is 0 Å². The summed E-state index contributed by atoms with van der Waals surface area (Å²) in [5.74, 6) is -0.385. The van der Waals surface area contributed by atoms with Crippen LogP contribution < -0.4 is 5.73 Å². The molecule has 0 aliphatic carbocycles. The molecule has 0 unspecified atom stereocenters. The molecule has 102 valence electrons. The molecule has 0 aliphatic rings. The molecule has 1 aromatic heterocycles. The van der Waals surface area contributed by atoms with E-state index >= 15 is 0 Å². The van der Waals surface area contributed by atoms with E-state index in [1.807, 2.05) is 24.3 Å². The molecule has 2 rings (SSSR count). The Bertz CT molecular complexity index is 572. The first-order valence-electron chi connectivity index (χ1n) is 5.31. The van der Waals surface area contributed by atoms with Crippen molar-refractivity contribution in [3.63, 3.8) is 0 Å². The smallest absolute Gasteiger partial charge is 0.350 e. The third kappa shape index (κ3) is 3.68. The number of nitrogens with zero attached hydrogens (tertiary/aromatic N) is 1. The van der Waals surface area contributed by atoms with E-state index in [2.05, 4.69) is 20.9 Å². The lowest BCUT2D eigenvalue weighted by molar-refractivity contribution is 0.0532. The van der Waals surface area contributed by atoms with E-state index in [-0.39, 0.29) is 18.4 Å². The number of hydrogen-bond donors (Lipinski definition) is 1. The summed E-state index contributed by atoms with van der Waals surface area (Å²) in [6.45, 7) is 2.10. The summed E-state index contributed by atoms with van der Waals surface area (Å²) < 4.78 is 5.96. The summed E-state index contributed by atoms with van der Waals surface area (Å²) in [5, 5.41) is 0.357. The van der Waals surface area contributed by atoms with Crippen molar-refractivity contribution in [1.82, 2.24) is 4.98 Å². The number of rotatable bonds is 3. The van der Waals surface area contributed by atoms with Crippen LogP contribution in [0, 0.1) is 0 Å². The first-order chi connectivity index (χ1) is 8.61. The first kappa shape index (κ1) is 15.9. The Labute approximate surface area is 129 Å². The highest BCUT2D eigenvalue weighted by atomic mass is 79.9. The number of anilines is 1. The van der Waals surface area contributed by atoms with Crippen molar-refractivity contribution in [2.75, 3.05) is 12.3 Å². The van der Waals surface area contributed by atoms with Crippen molar-refractivity contribution in [1.29, 1.82) is 0 Å². The molecule has 0 amide bonds. The summed E-state index contributed by atoms with van der Waals surface area (Å²) >= 11 is 4.50. The number of thiazole rings is 1. The van der Waals surface area contributed by atoms with Gasteiger partial charge in [0.25, 0.3) is 0 Å². The molecule has 2 N–H and O–H groups in total.